The van der Waals surface area contributed by atoms with E-state index in [1.54, 1.807) is 41.5 Å². The molecule has 28 atom stereocenters. The van der Waals surface area contributed by atoms with Gasteiger partial charge in [0.1, 0.15) is 84.4 Å². The Labute approximate surface area is 782 Å². The summed E-state index contributed by atoms with van der Waals surface area (Å²) in [5.74, 6) is -2.95. The highest BCUT2D eigenvalue weighted by Crippen LogP contribution is 2.65. The maximum Gasteiger partial charge on any atom is 0.350 e. The third kappa shape index (κ3) is 19.8. The number of carbonyl (C=O) groups is 16. The van der Waals surface area contributed by atoms with Crippen molar-refractivity contribution in [2.45, 2.75) is 397 Å². The predicted molar refractivity (Wildman–Crippen MR) is 469 cm³/mol. The van der Waals surface area contributed by atoms with Crippen LogP contribution in [0.25, 0.3) is 0 Å². The molecule has 32 heteroatoms. The second kappa shape index (κ2) is 37.4. The van der Waals surface area contributed by atoms with E-state index in [1.807, 2.05) is 125 Å². The Kier molecular flexibility index (Phi) is 29.1. The zero-order chi connectivity index (χ0) is 98.7. The van der Waals surface area contributed by atoms with Crippen LogP contribution in [0.5, 0.6) is 0 Å². The van der Waals surface area contributed by atoms with Gasteiger partial charge in [0, 0.05) is 65.6 Å². The SMILES string of the molecule is CCC(C)(C)C(=O)OC(C)(C)C(=O)OC1(C)C2CC3C(=O)OC1C3C2.CCC(C)(C)C(=O)OC(C)(C)C(=O)OC1C2CC3C(=O)OC1C3C2.CCC(C)(C)C(=O)OC1C2CC3CC2C(=O)OC31C.CCC(C)(C)C(=O)OC1CC2CCC1(C)OC2=O.CCC(C)(C)C(=O)OCCC(=O)OC1(C)C2CC3C(=O)OC1C3C2.CCC(C)(C)C(=O)OCCC(=O)OC1C2CC3C(=O)OC1C3C2. The van der Waals surface area contributed by atoms with Gasteiger partial charge >= 0.3 is 95.5 Å². The van der Waals surface area contributed by atoms with E-state index in [0.29, 0.717) is 44.4 Å². The van der Waals surface area contributed by atoms with Crippen LogP contribution in [0.3, 0.4) is 0 Å². The quantitative estimate of drug-likeness (QED) is 0.0518. The van der Waals surface area contributed by atoms with E-state index in [2.05, 4.69) is 0 Å². The van der Waals surface area contributed by atoms with Crippen molar-refractivity contribution in [1.29, 1.82) is 0 Å². The van der Waals surface area contributed by atoms with Gasteiger partial charge in [-0.2, -0.15) is 0 Å². The molecule has 11 aliphatic carbocycles. The lowest BCUT2D eigenvalue weighted by Gasteiger charge is -2.48. The highest BCUT2D eigenvalue weighted by molar-refractivity contribution is 5.88. The first kappa shape index (κ1) is 103. The van der Waals surface area contributed by atoms with Crippen LogP contribution in [0.2, 0.25) is 0 Å². The van der Waals surface area contributed by atoms with Crippen LogP contribution in [0.4, 0.5) is 0 Å². The fourth-order valence-corrected chi connectivity index (χ4v) is 22.5. The van der Waals surface area contributed by atoms with E-state index >= 15 is 0 Å². The van der Waals surface area contributed by atoms with E-state index in [-0.39, 0.29) is 217 Å². The maximum atomic E-state index is 12.8. The van der Waals surface area contributed by atoms with E-state index < -0.39 is 108 Å². The molecule has 133 heavy (non-hydrogen) atoms. The van der Waals surface area contributed by atoms with Gasteiger partial charge in [-0.15, -0.1) is 0 Å². The predicted octanol–water partition coefficient (Wildman–Crippen LogP) is 13.7. The average molecular weight is 1870 g/mol. The summed E-state index contributed by atoms with van der Waals surface area (Å²) >= 11 is 0. The first-order valence-electron chi connectivity index (χ1n) is 49.0. The molecule has 744 valence electrons. The summed E-state index contributed by atoms with van der Waals surface area (Å²) in [4.78, 5) is 193. The Bertz CT molecular complexity index is 4540. The molecule has 0 radical (unpaired) electrons. The number of ether oxygens (including phenoxy) is 16. The third-order valence-electron chi connectivity index (χ3n) is 34.5. The van der Waals surface area contributed by atoms with Gasteiger partial charge in [0.15, 0.2) is 0 Å². The minimum atomic E-state index is -1.39. The summed E-state index contributed by atoms with van der Waals surface area (Å²) in [6, 6.07) is 0. The monoisotopic (exact) mass is 1870 g/mol. The Hall–Kier alpha value is -8.48. The Morgan fingerprint density at radius 2 is 0.722 bits per heavy atom. The molecule has 0 aromatic carbocycles. The van der Waals surface area contributed by atoms with Crippen molar-refractivity contribution >= 4 is 95.5 Å². The summed E-state index contributed by atoms with van der Waals surface area (Å²) in [5.41, 5.74) is -8.90. The molecule has 19 fully saturated rings. The Morgan fingerprint density at radius 1 is 0.346 bits per heavy atom. The lowest BCUT2D eigenvalue weighted by Crippen LogP contribution is -2.59. The zero-order valence-corrected chi connectivity index (χ0v) is 83.2. The number of carbonyl (C=O) groups excluding carboxylic acids is 16. The zero-order valence-electron chi connectivity index (χ0n) is 83.2. The van der Waals surface area contributed by atoms with Gasteiger partial charge in [-0.1, -0.05) is 41.5 Å². The first-order valence-corrected chi connectivity index (χ1v) is 49.0. The molecule has 14 bridgehead atoms. The first-order chi connectivity index (χ1) is 61.6. The molecule has 8 saturated heterocycles. The molecule has 19 aliphatic rings. The number of rotatable bonds is 28. The number of fused-ring (bicyclic) bond motifs is 8. The minimum Gasteiger partial charge on any atom is -0.465 e. The molecule has 28 unspecified atom stereocenters. The molecule has 0 spiro atoms. The Morgan fingerprint density at radius 3 is 1.16 bits per heavy atom. The van der Waals surface area contributed by atoms with Crippen molar-refractivity contribution < 1.29 is 153 Å². The summed E-state index contributed by atoms with van der Waals surface area (Å²) in [5, 5.41) is 0. The summed E-state index contributed by atoms with van der Waals surface area (Å²) in [6.07, 6.45) is 12.1. The summed E-state index contributed by atoms with van der Waals surface area (Å²) in [6.45, 7) is 47.2. The number of hydrogen-bond acceptors (Lipinski definition) is 32. The van der Waals surface area contributed by atoms with Crippen LogP contribution in [-0.2, 0) is 153 Å². The fourth-order valence-electron chi connectivity index (χ4n) is 22.5. The lowest BCUT2D eigenvalue weighted by atomic mass is 9.74. The Balaban J connectivity index is 0.000000144. The number of hydrogen-bond donors (Lipinski definition) is 0. The highest BCUT2D eigenvalue weighted by Gasteiger charge is 2.73. The maximum absolute atomic E-state index is 12.8. The van der Waals surface area contributed by atoms with E-state index in [4.69, 9.17) is 75.8 Å². The molecule has 0 N–H and O–H groups in total. The van der Waals surface area contributed by atoms with Crippen LogP contribution < -0.4 is 0 Å². The van der Waals surface area contributed by atoms with Crippen molar-refractivity contribution in [1.82, 2.24) is 0 Å². The van der Waals surface area contributed by atoms with Crippen molar-refractivity contribution in [3.05, 3.63) is 0 Å². The van der Waals surface area contributed by atoms with Crippen molar-refractivity contribution in [2.24, 2.45) is 127 Å². The number of esters is 16. The smallest absolute Gasteiger partial charge is 0.350 e. The van der Waals surface area contributed by atoms with E-state index in [9.17, 15) is 76.7 Å². The fraction of sp³-hybridized carbons (Fsp3) is 0.842. The van der Waals surface area contributed by atoms with Crippen LogP contribution >= 0.6 is 0 Å². The van der Waals surface area contributed by atoms with Gasteiger partial charge in [0.25, 0.3) is 0 Å². The second-order valence-corrected chi connectivity index (χ2v) is 46.4. The van der Waals surface area contributed by atoms with Crippen LogP contribution in [-0.4, -0.2) is 191 Å². The summed E-state index contributed by atoms with van der Waals surface area (Å²) < 4.78 is 88.0. The van der Waals surface area contributed by atoms with E-state index in [0.717, 1.165) is 83.5 Å². The van der Waals surface area contributed by atoms with Gasteiger partial charge in [0.2, 0.25) is 11.2 Å². The molecule has 0 aromatic heterocycles. The molecular weight excluding hydrogens is 1730 g/mol. The van der Waals surface area contributed by atoms with Crippen LogP contribution in [0, 0.1) is 127 Å². The molecule has 0 aromatic rings. The third-order valence-corrected chi connectivity index (χ3v) is 34.5. The lowest BCUT2D eigenvalue weighted by molar-refractivity contribution is -0.224. The van der Waals surface area contributed by atoms with Crippen molar-refractivity contribution in [2.75, 3.05) is 13.2 Å². The second-order valence-electron chi connectivity index (χ2n) is 46.4. The molecule has 11 saturated carbocycles. The molecule has 0 amide bonds. The molecule has 8 heterocycles. The van der Waals surface area contributed by atoms with Gasteiger partial charge in [-0.3, -0.25) is 67.1 Å². The highest BCUT2D eigenvalue weighted by atomic mass is 16.7. The van der Waals surface area contributed by atoms with Gasteiger partial charge in [-0.05, 0) is 254 Å². The van der Waals surface area contributed by atoms with Gasteiger partial charge in [0.05, 0.1) is 80.8 Å². The molecular formula is C101H148O32. The van der Waals surface area contributed by atoms with Crippen molar-refractivity contribution in [3.63, 3.8) is 0 Å². The van der Waals surface area contributed by atoms with Crippen LogP contribution in [0.1, 0.15) is 315 Å². The van der Waals surface area contributed by atoms with Crippen molar-refractivity contribution in [3.8, 4) is 0 Å². The van der Waals surface area contributed by atoms with E-state index in [1.165, 1.54) is 13.8 Å². The van der Waals surface area contributed by atoms with Gasteiger partial charge in [-0.25, -0.2) is 9.59 Å². The molecule has 8 aliphatic heterocycles. The standard InChI is InChI=1S/C19H28O6.2C18H26O6.C17H24O6.C15H22O4.C14H22O4/c1-7-17(2,3)15(21)24-18(4,5)16(22)25-19(6)10-8-11-12(9-10)14(20)23-13(11)19;1-6-17(2,3)15(20)24-18(4,5)16(21)23-12-9-7-10-11(8-9)14(19)22-13(10)12;1-5-17(2,3)16(21)22-7-6-13(19)24-18(4)10-8-11-12(9-10)15(20)23-14(11)18;1-4-17(2,3)16(20)21-6-5-12(18)22-13-9-7-10-11(8-9)15(19)23-14(10)13;1-5-14(2,3)13(17)18-11-9-6-8-7-10(9)12(16)19-15(8,11)4;1-5-13(2,3)12(16)17-10-8-9-6-7-14(10,4)18-11(9)15/h10-13H,7-9H2,1-6H3;9-13H,6-8H2,1-5H3;10-12,14H,5-9H2,1-4H3;9-11,13-14H,4-8H2,1-3H3;8-11H,5-7H2,1-4H3;9-10H,5-8H2,1-4H3. The topological polar surface area (TPSA) is 421 Å². The normalized spacial score (nSPS) is 36.5. The van der Waals surface area contributed by atoms with Crippen LogP contribution in [0.15, 0.2) is 0 Å². The minimum absolute atomic E-state index is 0.0102. The molecule has 19 rings (SSSR count). The average Bonchev–Trinajstić information content (AvgIpc) is 1.53. The largest absolute Gasteiger partial charge is 0.465 e. The molecule has 32 nitrogen and oxygen atoms in total. The van der Waals surface area contributed by atoms with Gasteiger partial charge < -0.3 is 75.8 Å². The summed E-state index contributed by atoms with van der Waals surface area (Å²) in [7, 11) is 0.